The molecule has 5 heterocycles. The molecule has 0 N–H and O–H groups in total. The molecule has 12 heteroatoms. The third-order valence-electron chi connectivity index (χ3n) is 6.36. The van der Waals surface area contributed by atoms with Gasteiger partial charge in [0.1, 0.15) is 5.60 Å². The number of anilines is 1. The molecule has 0 unspecified atom stereocenters. The van der Waals surface area contributed by atoms with E-state index in [-0.39, 0.29) is 22.7 Å². The maximum atomic E-state index is 15.3. The highest BCUT2D eigenvalue weighted by atomic mass is 19.1. The average Bonchev–Trinajstić information content (AvgIpc) is 3.24. The molecular weight excluding hydrogens is 520 g/mol. The number of carbonyl (C=O) groups is 1. The molecule has 1 aliphatic heterocycles. The standard InChI is InChI=1S/C26H29F2N7O3.C2H6/c1-15-11-33-12-16(9-18(27)21(33)29-15)20-30-22-19(28)10-17(13-34(22)23(36)31-20)32-7-8-35(26(5,6)14-32)24(37)38-25(2,3)4;1-2/h9-13H,7-8,14H2,1-6H3;1-2H3. The monoisotopic (exact) mass is 555 g/mol. The van der Waals surface area contributed by atoms with Crippen LogP contribution >= 0.6 is 0 Å². The molecule has 0 bridgehead atoms. The molecule has 4 aromatic heterocycles. The van der Waals surface area contributed by atoms with E-state index >= 15 is 4.39 Å². The van der Waals surface area contributed by atoms with E-state index in [0.717, 1.165) is 4.40 Å². The van der Waals surface area contributed by atoms with E-state index in [1.807, 2.05) is 53.4 Å². The molecule has 40 heavy (non-hydrogen) atoms. The summed E-state index contributed by atoms with van der Waals surface area (Å²) in [6.45, 7) is 16.1. The summed E-state index contributed by atoms with van der Waals surface area (Å²) < 4.78 is 38.0. The molecule has 10 nitrogen and oxygen atoms in total. The van der Waals surface area contributed by atoms with Crippen molar-refractivity contribution >= 4 is 23.1 Å². The molecule has 0 atom stereocenters. The van der Waals surface area contributed by atoms with E-state index < -0.39 is 34.6 Å². The third kappa shape index (κ3) is 5.61. The number of nitrogens with zero attached hydrogens (tertiary/aromatic N) is 7. The van der Waals surface area contributed by atoms with Gasteiger partial charge in [-0.3, -0.25) is 4.90 Å². The van der Waals surface area contributed by atoms with Gasteiger partial charge in [0.15, 0.2) is 28.8 Å². The Bertz CT molecular complexity index is 1640. The minimum absolute atomic E-state index is 0.0964. The summed E-state index contributed by atoms with van der Waals surface area (Å²) in [4.78, 5) is 41.6. The van der Waals surface area contributed by atoms with Crippen molar-refractivity contribution in [3.8, 4) is 11.4 Å². The van der Waals surface area contributed by atoms with Crippen LogP contribution in [0.3, 0.4) is 0 Å². The highest BCUT2D eigenvalue weighted by Gasteiger charge is 2.39. The number of amides is 1. The molecular formula is C28H35F2N7O3. The summed E-state index contributed by atoms with van der Waals surface area (Å²) in [5, 5.41) is 0. The first-order valence-corrected chi connectivity index (χ1v) is 13.2. The summed E-state index contributed by atoms with van der Waals surface area (Å²) in [5.74, 6) is -1.43. The van der Waals surface area contributed by atoms with Crippen LogP contribution < -0.4 is 10.6 Å². The van der Waals surface area contributed by atoms with Gasteiger partial charge in [-0.2, -0.15) is 4.98 Å². The lowest BCUT2D eigenvalue weighted by Crippen LogP contribution is -2.61. The molecule has 0 aliphatic carbocycles. The quantitative estimate of drug-likeness (QED) is 0.349. The van der Waals surface area contributed by atoms with Crippen LogP contribution in [0.5, 0.6) is 0 Å². The first kappa shape index (κ1) is 28.9. The predicted molar refractivity (Wildman–Crippen MR) is 149 cm³/mol. The zero-order chi connectivity index (χ0) is 29.6. The first-order chi connectivity index (χ1) is 18.7. The summed E-state index contributed by atoms with van der Waals surface area (Å²) in [6, 6.07) is 2.47. The number of halogens is 2. The minimum atomic E-state index is -0.750. The number of carbonyl (C=O) groups excluding carboxylic acids is 1. The largest absolute Gasteiger partial charge is 0.444 e. The second-order valence-corrected chi connectivity index (χ2v) is 11.1. The zero-order valence-corrected chi connectivity index (χ0v) is 24.1. The topological polar surface area (TPSA) is 97.3 Å². The highest BCUT2D eigenvalue weighted by molar-refractivity contribution is 5.70. The Hall–Kier alpha value is -4.09. The Morgan fingerprint density at radius 1 is 0.975 bits per heavy atom. The van der Waals surface area contributed by atoms with Crippen molar-refractivity contribution in [1.82, 2.24) is 28.7 Å². The van der Waals surface area contributed by atoms with Gasteiger partial charge < -0.3 is 14.0 Å². The van der Waals surface area contributed by atoms with Crippen LogP contribution in [0.25, 0.3) is 22.7 Å². The van der Waals surface area contributed by atoms with Gasteiger partial charge in [-0.1, -0.05) is 13.8 Å². The number of aryl methyl sites for hydroxylation is 1. The molecule has 0 saturated carbocycles. The molecule has 5 rings (SSSR count). The number of imidazole rings is 1. The highest BCUT2D eigenvalue weighted by Crippen LogP contribution is 2.28. The Labute approximate surface area is 231 Å². The second-order valence-electron chi connectivity index (χ2n) is 11.1. The van der Waals surface area contributed by atoms with Crippen molar-refractivity contribution < 1.29 is 18.3 Å². The normalized spacial score (nSPS) is 15.2. The maximum absolute atomic E-state index is 15.3. The van der Waals surface area contributed by atoms with Crippen molar-refractivity contribution in [3.63, 3.8) is 0 Å². The Kier molecular flexibility index (Phi) is 7.57. The van der Waals surface area contributed by atoms with E-state index in [1.165, 1.54) is 22.7 Å². The van der Waals surface area contributed by atoms with E-state index in [1.54, 1.807) is 24.2 Å². The number of piperazine rings is 1. The fraction of sp³-hybridized carbons (Fsp3) is 0.464. The van der Waals surface area contributed by atoms with Crippen molar-refractivity contribution in [3.05, 3.63) is 58.5 Å². The number of rotatable bonds is 2. The Balaban J connectivity index is 0.00000181. The van der Waals surface area contributed by atoms with Crippen molar-refractivity contribution in [2.45, 2.75) is 66.5 Å². The molecule has 0 radical (unpaired) electrons. The van der Waals surface area contributed by atoms with Gasteiger partial charge in [0.25, 0.3) is 0 Å². The van der Waals surface area contributed by atoms with Crippen LogP contribution in [-0.2, 0) is 4.74 Å². The molecule has 1 fully saturated rings. The smallest absolute Gasteiger partial charge is 0.410 e. The Morgan fingerprint density at radius 3 is 2.30 bits per heavy atom. The lowest BCUT2D eigenvalue weighted by Gasteiger charge is -2.47. The number of pyridine rings is 2. The van der Waals surface area contributed by atoms with Gasteiger partial charge in [-0.15, -0.1) is 0 Å². The second kappa shape index (κ2) is 10.5. The fourth-order valence-corrected chi connectivity index (χ4v) is 4.70. The number of hydrogen-bond donors (Lipinski definition) is 0. The van der Waals surface area contributed by atoms with E-state index in [4.69, 9.17) is 4.74 Å². The van der Waals surface area contributed by atoms with Crippen LogP contribution in [-0.4, -0.2) is 65.5 Å². The Morgan fingerprint density at radius 2 is 1.65 bits per heavy atom. The van der Waals surface area contributed by atoms with Crippen LogP contribution in [0.1, 0.15) is 54.2 Å². The molecule has 1 aliphatic rings. The van der Waals surface area contributed by atoms with Crippen LogP contribution in [0, 0.1) is 18.6 Å². The van der Waals surface area contributed by atoms with E-state index in [2.05, 4.69) is 15.0 Å². The first-order valence-electron chi connectivity index (χ1n) is 13.2. The average molecular weight is 556 g/mol. The maximum Gasteiger partial charge on any atom is 0.410 e. The molecule has 1 saturated heterocycles. The lowest BCUT2D eigenvalue weighted by molar-refractivity contribution is 0.000362. The molecule has 214 valence electrons. The van der Waals surface area contributed by atoms with Crippen LogP contribution in [0.15, 0.2) is 35.5 Å². The molecule has 1 amide bonds. The van der Waals surface area contributed by atoms with Crippen molar-refractivity contribution in [1.29, 1.82) is 0 Å². The van der Waals surface area contributed by atoms with Gasteiger partial charge in [0.05, 0.1) is 16.9 Å². The fourth-order valence-electron chi connectivity index (χ4n) is 4.70. The number of hydrogen-bond acceptors (Lipinski definition) is 7. The number of ether oxygens (including phenoxy) is 1. The minimum Gasteiger partial charge on any atom is -0.444 e. The van der Waals surface area contributed by atoms with E-state index in [0.29, 0.717) is 31.0 Å². The van der Waals surface area contributed by atoms with E-state index in [9.17, 15) is 14.0 Å². The number of fused-ring (bicyclic) bond motifs is 2. The van der Waals surface area contributed by atoms with Crippen LogP contribution in [0.4, 0.5) is 19.3 Å². The SMILES string of the molecule is CC.Cc1cn2cc(-c3nc(=O)n4cc(N5CCN(C(=O)OC(C)(C)C)C(C)(C)C5)cc(F)c4n3)cc(F)c2n1. The predicted octanol–water partition coefficient (Wildman–Crippen LogP) is 4.85. The van der Waals surface area contributed by atoms with Gasteiger partial charge in [-0.05, 0) is 47.6 Å². The summed E-state index contributed by atoms with van der Waals surface area (Å²) in [7, 11) is 0. The summed E-state index contributed by atoms with van der Waals surface area (Å²) >= 11 is 0. The van der Waals surface area contributed by atoms with Crippen molar-refractivity contribution in [2.75, 3.05) is 24.5 Å². The van der Waals surface area contributed by atoms with Crippen LogP contribution in [0.2, 0.25) is 0 Å². The summed E-state index contributed by atoms with van der Waals surface area (Å²) in [6.07, 6.45) is 4.24. The summed E-state index contributed by atoms with van der Waals surface area (Å²) in [5.41, 5.74) is -0.796. The number of aromatic nitrogens is 5. The van der Waals surface area contributed by atoms with Gasteiger partial charge in [-0.25, -0.2) is 32.7 Å². The molecule has 0 aromatic carbocycles. The zero-order valence-electron chi connectivity index (χ0n) is 24.1. The van der Waals surface area contributed by atoms with Gasteiger partial charge >= 0.3 is 11.8 Å². The third-order valence-corrected chi connectivity index (χ3v) is 6.36. The molecule has 4 aromatic rings. The van der Waals surface area contributed by atoms with Gasteiger partial charge in [0.2, 0.25) is 0 Å². The van der Waals surface area contributed by atoms with Crippen molar-refractivity contribution in [2.24, 2.45) is 0 Å². The lowest BCUT2D eigenvalue weighted by atomic mass is 9.99. The molecule has 0 spiro atoms. The van der Waals surface area contributed by atoms with Gasteiger partial charge in [0, 0.05) is 49.9 Å².